The van der Waals surface area contributed by atoms with Gasteiger partial charge in [0.1, 0.15) is 5.75 Å². The molecule has 0 fully saturated rings. The Kier molecular flexibility index (Phi) is 5.67. The number of carbonyl (C=O) groups is 2. The molecular weight excluding hydrogens is 372 g/mol. The maximum Gasteiger partial charge on any atom is 0.276 e. The first-order chi connectivity index (χ1) is 13.8. The van der Waals surface area contributed by atoms with Crippen LogP contribution in [0.4, 0.5) is 5.69 Å². The largest absolute Gasteiger partial charge is 0.471 e. The van der Waals surface area contributed by atoms with Crippen molar-refractivity contribution in [1.29, 1.82) is 0 Å². The van der Waals surface area contributed by atoms with E-state index in [-0.39, 0.29) is 24.0 Å². The van der Waals surface area contributed by atoms with Gasteiger partial charge in [-0.2, -0.15) is 10.2 Å². The number of aryl methyl sites for hydroxylation is 2. The van der Waals surface area contributed by atoms with Gasteiger partial charge in [0, 0.05) is 27.3 Å². The number of ether oxygens (including phenoxy) is 1. The van der Waals surface area contributed by atoms with Crippen molar-refractivity contribution in [2.75, 3.05) is 19.4 Å². The van der Waals surface area contributed by atoms with E-state index in [0.717, 1.165) is 11.3 Å². The van der Waals surface area contributed by atoms with E-state index in [0.29, 0.717) is 11.4 Å². The number of nitrogens with one attached hydrogen (secondary N) is 1. The third-order valence-electron chi connectivity index (χ3n) is 4.50. The summed E-state index contributed by atoms with van der Waals surface area (Å²) in [6, 6.07) is 9.26. The summed E-state index contributed by atoms with van der Waals surface area (Å²) in [6.07, 6.45) is 1.66. The number of carbonyl (C=O) groups excluding carboxylic acids is 2. The predicted octanol–water partition coefficient (Wildman–Crippen LogP) is 2.22. The monoisotopic (exact) mass is 396 g/mol. The minimum absolute atomic E-state index is 0.175. The topological polar surface area (TPSA) is 94.3 Å². The Hall–Kier alpha value is -3.62. The average Bonchev–Trinajstić information content (AvgIpc) is 3.27. The van der Waals surface area contributed by atoms with Crippen molar-refractivity contribution in [3.05, 3.63) is 59.2 Å². The second-order valence-corrected chi connectivity index (χ2v) is 6.87. The van der Waals surface area contributed by atoms with Crippen molar-refractivity contribution in [3.8, 4) is 5.75 Å². The molecule has 2 aromatic heterocycles. The molecule has 3 aromatic rings. The van der Waals surface area contributed by atoms with Crippen LogP contribution in [0.15, 0.2) is 36.5 Å². The molecule has 0 saturated carbocycles. The van der Waals surface area contributed by atoms with Gasteiger partial charge in [0.25, 0.3) is 11.8 Å². The second kappa shape index (κ2) is 8.17. The van der Waals surface area contributed by atoms with Crippen molar-refractivity contribution >= 4 is 17.5 Å². The molecule has 1 aromatic carbocycles. The Balaban J connectivity index is 1.73. The van der Waals surface area contributed by atoms with Crippen LogP contribution in [-0.4, -0.2) is 50.4 Å². The lowest BCUT2D eigenvalue weighted by Crippen LogP contribution is -2.24. The van der Waals surface area contributed by atoms with Crippen molar-refractivity contribution in [1.82, 2.24) is 24.5 Å². The van der Waals surface area contributed by atoms with Crippen LogP contribution in [0.2, 0.25) is 0 Å². The molecule has 0 atom stereocenters. The number of benzene rings is 1. The number of aromatic nitrogens is 4. The second-order valence-electron chi connectivity index (χ2n) is 6.87. The van der Waals surface area contributed by atoms with Crippen LogP contribution >= 0.6 is 0 Å². The van der Waals surface area contributed by atoms with E-state index >= 15 is 0 Å². The number of nitrogens with zero attached hydrogens (tertiary/aromatic N) is 5. The van der Waals surface area contributed by atoms with E-state index < -0.39 is 5.91 Å². The van der Waals surface area contributed by atoms with Crippen molar-refractivity contribution in [3.63, 3.8) is 0 Å². The molecule has 2 heterocycles. The lowest BCUT2D eigenvalue weighted by atomic mass is 10.2. The predicted molar refractivity (Wildman–Crippen MR) is 108 cm³/mol. The Morgan fingerprint density at radius 3 is 2.55 bits per heavy atom. The highest BCUT2D eigenvalue weighted by Crippen LogP contribution is 2.21. The SMILES string of the molecule is Cc1ccccc1OCn1ccc(C(=O)Nc2c(C(=O)N(C)C)nn(C)c2C)n1. The summed E-state index contributed by atoms with van der Waals surface area (Å²) in [6.45, 7) is 3.91. The highest BCUT2D eigenvalue weighted by atomic mass is 16.5. The first-order valence-electron chi connectivity index (χ1n) is 9.06. The molecule has 0 saturated heterocycles. The minimum Gasteiger partial charge on any atom is -0.471 e. The van der Waals surface area contributed by atoms with Crippen LogP contribution in [0.3, 0.4) is 0 Å². The molecule has 0 aliphatic rings. The van der Waals surface area contributed by atoms with Crippen LogP contribution in [0, 0.1) is 13.8 Å². The Labute approximate surface area is 168 Å². The molecule has 1 N–H and O–H groups in total. The van der Waals surface area contributed by atoms with Gasteiger partial charge in [-0.1, -0.05) is 18.2 Å². The van der Waals surface area contributed by atoms with Gasteiger partial charge in [0.15, 0.2) is 18.1 Å². The highest BCUT2D eigenvalue weighted by Gasteiger charge is 2.23. The highest BCUT2D eigenvalue weighted by molar-refractivity contribution is 6.07. The molecule has 2 amide bonds. The molecule has 0 aliphatic heterocycles. The fourth-order valence-corrected chi connectivity index (χ4v) is 2.71. The van der Waals surface area contributed by atoms with Crippen molar-refractivity contribution in [2.24, 2.45) is 7.05 Å². The van der Waals surface area contributed by atoms with E-state index in [1.165, 1.54) is 9.58 Å². The Bertz CT molecular complexity index is 1050. The van der Waals surface area contributed by atoms with E-state index in [1.807, 2.05) is 31.2 Å². The van der Waals surface area contributed by atoms with E-state index in [4.69, 9.17) is 4.74 Å². The standard InChI is InChI=1S/C20H24N6O3/c1-13-8-6-7-9-16(13)29-12-26-11-10-15(22-26)19(27)21-17-14(2)25(5)23-18(17)20(28)24(3)4/h6-11H,12H2,1-5H3,(H,21,27). The number of amides is 2. The maximum absolute atomic E-state index is 12.7. The van der Waals surface area contributed by atoms with Gasteiger partial charge in [0.2, 0.25) is 0 Å². The number of anilines is 1. The summed E-state index contributed by atoms with van der Waals surface area (Å²) in [5.41, 5.74) is 2.46. The molecular formula is C20H24N6O3. The molecule has 0 spiro atoms. The molecule has 3 rings (SSSR count). The molecule has 9 nitrogen and oxygen atoms in total. The lowest BCUT2D eigenvalue weighted by molar-refractivity contribution is 0.0822. The van der Waals surface area contributed by atoms with Crippen LogP contribution in [0.1, 0.15) is 32.2 Å². The molecule has 0 bridgehead atoms. The summed E-state index contributed by atoms with van der Waals surface area (Å²) in [7, 11) is 4.98. The molecule has 152 valence electrons. The van der Waals surface area contributed by atoms with Gasteiger partial charge in [-0.3, -0.25) is 14.3 Å². The summed E-state index contributed by atoms with van der Waals surface area (Å²) >= 11 is 0. The molecule has 0 unspecified atom stereocenters. The summed E-state index contributed by atoms with van der Waals surface area (Å²) in [5, 5.41) is 11.2. The molecule has 29 heavy (non-hydrogen) atoms. The van der Waals surface area contributed by atoms with Gasteiger partial charge in [-0.25, -0.2) is 4.68 Å². The molecule has 0 radical (unpaired) electrons. The number of hydrogen-bond donors (Lipinski definition) is 1. The Morgan fingerprint density at radius 2 is 1.86 bits per heavy atom. The van der Waals surface area contributed by atoms with Gasteiger partial charge in [-0.15, -0.1) is 0 Å². The van der Waals surface area contributed by atoms with Crippen LogP contribution < -0.4 is 10.1 Å². The zero-order chi connectivity index (χ0) is 21.1. The first kappa shape index (κ1) is 20.1. The Morgan fingerprint density at radius 1 is 1.14 bits per heavy atom. The lowest BCUT2D eigenvalue weighted by Gasteiger charge is -2.10. The van der Waals surface area contributed by atoms with Crippen LogP contribution in [-0.2, 0) is 13.8 Å². The smallest absolute Gasteiger partial charge is 0.276 e. The summed E-state index contributed by atoms with van der Waals surface area (Å²) < 4.78 is 8.83. The van der Waals surface area contributed by atoms with E-state index in [2.05, 4.69) is 15.5 Å². The quantitative estimate of drug-likeness (QED) is 0.689. The fraction of sp³-hybridized carbons (Fsp3) is 0.300. The summed E-state index contributed by atoms with van der Waals surface area (Å²) in [4.78, 5) is 26.4. The third kappa shape index (κ3) is 4.29. The fourth-order valence-electron chi connectivity index (χ4n) is 2.71. The van der Waals surface area contributed by atoms with Gasteiger partial charge >= 0.3 is 0 Å². The average molecular weight is 396 g/mol. The van der Waals surface area contributed by atoms with E-state index in [9.17, 15) is 9.59 Å². The van der Waals surface area contributed by atoms with Crippen LogP contribution in [0.25, 0.3) is 0 Å². The third-order valence-corrected chi connectivity index (χ3v) is 4.50. The number of rotatable bonds is 6. The molecule has 9 heteroatoms. The summed E-state index contributed by atoms with van der Waals surface area (Å²) in [5.74, 6) is 0.0385. The molecule has 0 aliphatic carbocycles. The zero-order valence-electron chi connectivity index (χ0n) is 17.1. The van der Waals surface area contributed by atoms with Crippen molar-refractivity contribution in [2.45, 2.75) is 20.6 Å². The van der Waals surface area contributed by atoms with Crippen molar-refractivity contribution < 1.29 is 14.3 Å². The maximum atomic E-state index is 12.7. The number of hydrogen-bond acceptors (Lipinski definition) is 5. The van der Waals surface area contributed by atoms with Crippen LogP contribution in [0.5, 0.6) is 5.75 Å². The van der Waals surface area contributed by atoms with E-state index in [1.54, 1.807) is 45.0 Å². The van der Waals surface area contributed by atoms with Gasteiger partial charge in [0.05, 0.1) is 11.4 Å². The normalized spacial score (nSPS) is 10.7. The number of para-hydroxylation sites is 1. The van der Waals surface area contributed by atoms with Gasteiger partial charge in [-0.05, 0) is 31.5 Å². The van der Waals surface area contributed by atoms with Gasteiger partial charge < -0.3 is 15.0 Å². The zero-order valence-corrected chi connectivity index (χ0v) is 17.1. The minimum atomic E-state index is -0.427. The first-order valence-corrected chi connectivity index (χ1v) is 9.06.